The second-order valence-corrected chi connectivity index (χ2v) is 7.61. The summed E-state index contributed by atoms with van der Waals surface area (Å²) in [6.45, 7) is 3.33. The Labute approximate surface area is 210 Å². The van der Waals surface area contributed by atoms with E-state index in [9.17, 15) is 30.3 Å². The van der Waals surface area contributed by atoms with Crippen LogP contribution in [0.1, 0.15) is 0 Å². The molecule has 0 unspecified atom stereocenters. The third-order valence-electron chi connectivity index (χ3n) is 5.05. The number of esters is 1. The lowest BCUT2D eigenvalue weighted by molar-refractivity contribution is -0.138. The molecule has 0 amide bonds. The van der Waals surface area contributed by atoms with Crippen LogP contribution in [0.15, 0.2) is 67.3 Å². The van der Waals surface area contributed by atoms with Crippen LogP contribution in [0.5, 0.6) is 34.5 Å². The standard InChI is InChI=1S/C26H21N3O8/c1-2-23(35)37-10-9-36-16-5-8-19(22(34)13-16)26-28-24(17-6-3-14(30)11-20(17)32)27-25(29-26)18-7-4-15(31)12-21(18)33/h2-8,11-13,30-34H,1,9-10H2. The lowest BCUT2D eigenvalue weighted by Crippen LogP contribution is -2.10. The molecule has 188 valence electrons. The molecule has 1 aromatic heterocycles. The lowest BCUT2D eigenvalue weighted by atomic mass is 10.1. The summed E-state index contributed by atoms with van der Waals surface area (Å²) in [5.74, 6) is -1.48. The van der Waals surface area contributed by atoms with Crippen molar-refractivity contribution >= 4 is 5.97 Å². The van der Waals surface area contributed by atoms with E-state index in [0.29, 0.717) is 0 Å². The predicted octanol–water partition coefficient (Wildman–Crippen LogP) is 3.51. The van der Waals surface area contributed by atoms with Crippen LogP contribution in [0.3, 0.4) is 0 Å². The maximum atomic E-state index is 11.1. The number of rotatable bonds is 8. The minimum Gasteiger partial charge on any atom is -0.508 e. The van der Waals surface area contributed by atoms with Crippen LogP contribution < -0.4 is 4.74 Å². The van der Waals surface area contributed by atoms with Gasteiger partial charge in [0.15, 0.2) is 17.5 Å². The Kier molecular flexibility index (Phi) is 7.05. The molecule has 0 aliphatic carbocycles. The van der Waals surface area contributed by atoms with Crippen molar-refractivity contribution in [3.05, 3.63) is 67.3 Å². The van der Waals surface area contributed by atoms with Gasteiger partial charge < -0.3 is 35.0 Å². The summed E-state index contributed by atoms with van der Waals surface area (Å²) < 4.78 is 10.3. The second-order valence-electron chi connectivity index (χ2n) is 7.61. The first-order chi connectivity index (χ1) is 17.7. The minimum absolute atomic E-state index is 0.00362. The van der Waals surface area contributed by atoms with Gasteiger partial charge >= 0.3 is 5.97 Å². The van der Waals surface area contributed by atoms with Gasteiger partial charge in [0.2, 0.25) is 0 Å². The minimum atomic E-state index is -0.581. The lowest BCUT2D eigenvalue weighted by Gasteiger charge is -2.12. The molecule has 0 aliphatic heterocycles. The average molecular weight is 503 g/mol. The summed E-state index contributed by atoms with van der Waals surface area (Å²) in [5.41, 5.74) is 0.510. The number of carbonyl (C=O) groups is 1. The quantitative estimate of drug-likeness (QED) is 0.135. The molecule has 5 N–H and O–H groups in total. The Hall–Kier alpha value is -5.32. The van der Waals surface area contributed by atoms with Gasteiger partial charge in [-0.3, -0.25) is 0 Å². The maximum Gasteiger partial charge on any atom is 0.330 e. The summed E-state index contributed by atoms with van der Waals surface area (Å²) in [7, 11) is 0. The van der Waals surface area contributed by atoms with E-state index in [-0.39, 0.29) is 81.9 Å². The van der Waals surface area contributed by atoms with Crippen LogP contribution >= 0.6 is 0 Å². The molecule has 1 heterocycles. The van der Waals surface area contributed by atoms with Gasteiger partial charge in [-0.1, -0.05) is 6.58 Å². The number of phenols is 5. The van der Waals surface area contributed by atoms with Crippen LogP contribution in [0.25, 0.3) is 34.2 Å². The van der Waals surface area contributed by atoms with Crippen molar-refractivity contribution < 1.29 is 39.8 Å². The van der Waals surface area contributed by atoms with Gasteiger partial charge in [0.25, 0.3) is 0 Å². The third-order valence-corrected chi connectivity index (χ3v) is 5.05. The molecule has 11 nitrogen and oxygen atoms in total. The number of nitrogens with zero attached hydrogens (tertiary/aromatic N) is 3. The third kappa shape index (κ3) is 5.68. The summed E-state index contributed by atoms with van der Waals surface area (Å²) >= 11 is 0. The molecule has 0 fully saturated rings. The number of hydrogen-bond acceptors (Lipinski definition) is 11. The molecule has 3 aromatic carbocycles. The van der Waals surface area contributed by atoms with Crippen molar-refractivity contribution in [3.8, 4) is 68.7 Å². The van der Waals surface area contributed by atoms with Crippen LogP contribution in [0.4, 0.5) is 0 Å². The largest absolute Gasteiger partial charge is 0.508 e. The molecule has 4 aromatic rings. The first-order valence-electron chi connectivity index (χ1n) is 10.8. The Morgan fingerprint density at radius 2 is 1.16 bits per heavy atom. The van der Waals surface area contributed by atoms with Crippen LogP contribution in [-0.4, -0.2) is 59.7 Å². The average Bonchev–Trinajstić information content (AvgIpc) is 2.86. The van der Waals surface area contributed by atoms with Crippen LogP contribution in [0.2, 0.25) is 0 Å². The number of benzene rings is 3. The van der Waals surface area contributed by atoms with Gasteiger partial charge in [0.1, 0.15) is 47.7 Å². The van der Waals surface area contributed by atoms with Crippen molar-refractivity contribution in [3.63, 3.8) is 0 Å². The Morgan fingerprint density at radius 1 is 0.703 bits per heavy atom. The summed E-state index contributed by atoms with van der Waals surface area (Å²) in [4.78, 5) is 24.2. The first kappa shape index (κ1) is 24.8. The molecule has 37 heavy (non-hydrogen) atoms. The topological polar surface area (TPSA) is 175 Å². The number of phenolic OH excluding ortho intramolecular Hbond substituents is 5. The molecule has 0 aliphatic rings. The van der Waals surface area contributed by atoms with E-state index in [1.54, 1.807) is 6.07 Å². The highest BCUT2D eigenvalue weighted by atomic mass is 16.6. The highest BCUT2D eigenvalue weighted by molar-refractivity contribution is 5.81. The number of aromatic hydroxyl groups is 5. The fourth-order valence-electron chi connectivity index (χ4n) is 3.31. The van der Waals surface area contributed by atoms with E-state index in [2.05, 4.69) is 21.5 Å². The number of aromatic nitrogens is 3. The molecule has 0 saturated carbocycles. The number of hydrogen-bond donors (Lipinski definition) is 5. The Morgan fingerprint density at radius 3 is 1.59 bits per heavy atom. The molecule has 0 atom stereocenters. The van der Waals surface area contributed by atoms with Gasteiger partial charge in [-0.25, -0.2) is 19.7 Å². The van der Waals surface area contributed by atoms with Gasteiger partial charge in [0.05, 0.1) is 16.7 Å². The van der Waals surface area contributed by atoms with Crippen molar-refractivity contribution in [1.82, 2.24) is 15.0 Å². The summed E-state index contributed by atoms with van der Waals surface area (Å²) in [6.07, 6.45) is 1.04. The zero-order chi connectivity index (χ0) is 26.5. The summed E-state index contributed by atoms with van der Waals surface area (Å²) in [5, 5.41) is 50.7. The highest BCUT2D eigenvalue weighted by Crippen LogP contribution is 2.37. The number of carbonyl (C=O) groups excluding carboxylic acids is 1. The molecule has 0 spiro atoms. The highest BCUT2D eigenvalue weighted by Gasteiger charge is 2.19. The Balaban J connectivity index is 1.74. The van der Waals surface area contributed by atoms with E-state index >= 15 is 0 Å². The zero-order valence-electron chi connectivity index (χ0n) is 19.2. The van der Waals surface area contributed by atoms with Crippen molar-refractivity contribution in [2.24, 2.45) is 0 Å². The van der Waals surface area contributed by atoms with E-state index in [4.69, 9.17) is 9.47 Å². The monoisotopic (exact) mass is 503 g/mol. The molecule has 0 radical (unpaired) electrons. The van der Waals surface area contributed by atoms with Gasteiger partial charge in [-0.2, -0.15) is 0 Å². The van der Waals surface area contributed by atoms with E-state index in [0.717, 1.165) is 18.2 Å². The van der Waals surface area contributed by atoms with E-state index in [1.807, 2.05) is 0 Å². The van der Waals surface area contributed by atoms with E-state index < -0.39 is 5.97 Å². The predicted molar refractivity (Wildman–Crippen MR) is 131 cm³/mol. The molecule has 0 saturated heterocycles. The van der Waals surface area contributed by atoms with Gasteiger partial charge in [-0.05, 0) is 36.4 Å². The molecular weight excluding hydrogens is 482 g/mol. The van der Waals surface area contributed by atoms with Crippen molar-refractivity contribution in [2.75, 3.05) is 13.2 Å². The zero-order valence-corrected chi connectivity index (χ0v) is 19.2. The molecular formula is C26H21N3O8. The van der Waals surface area contributed by atoms with Crippen molar-refractivity contribution in [2.45, 2.75) is 0 Å². The van der Waals surface area contributed by atoms with E-state index in [1.165, 1.54) is 36.4 Å². The summed E-state index contributed by atoms with van der Waals surface area (Å²) in [6, 6.07) is 12.1. The Bertz CT molecular complexity index is 1420. The SMILES string of the molecule is C=CC(=O)OCCOc1ccc(-c2nc(-c3ccc(O)cc3O)nc(-c3ccc(O)cc3O)n2)c(O)c1. The van der Waals surface area contributed by atoms with Gasteiger partial charge in [0, 0.05) is 24.3 Å². The molecule has 0 bridgehead atoms. The second kappa shape index (κ2) is 10.5. The van der Waals surface area contributed by atoms with Crippen LogP contribution in [0, 0.1) is 0 Å². The van der Waals surface area contributed by atoms with Crippen LogP contribution in [-0.2, 0) is 9.53 Å². The molecule has 11 heteroatoms. The first-order valence-corrected chi connectivity index (χ1v) is 10.8. The molecule has 4 rings (SSSR count). The smallest absolute Gasteiger partial charge is 0.330 e. The maximum absolute atomic E-state index is 11.1. The fraction of sp³-hybridized carbons (Fsp3) is 0.0769. The normalized spacial score (nSPS) is 10.6. The van der Waals surface area contributed by atoms with Gasteiger partial charge in [-0.15, -0.1) is 0 Å². The van der Waals surface area contributed by atoms with Crippen molar-refractivity contribution in [1.29, 1.82) is 0 Å². The number of ether oxygens (including phenoxy) is 2. The fourth-order valence-corrected chi connectivity index (χ4v) is 3.31.